The average Bonchev–Trinajstić information content (AvgIpc) is 2.17. The summed E-state index contributed by atoms with van der Waals surface area (Å²) in [5.41, 5.74) is 2.85. The van der Waals surface area contributed by atoms with E-state index >= 15 is 0 Å². The minimum atomic E-state index is 1.14. The summed E-state index contributed by atoms with van der Waals surface area (Å²) in [6.07, 6.45) is 6.79. The summed E-state index contributed by atoms with van der Waals surface area (Å²) in [4.78, 5) is 0. The van der Waals surface area contributed by atoms with Crippen molar-refractivity contribution in [3.8, 4) is 0 Å². The molecule has 0 nitrogen and oxygen atoms in total. The van der Waals surface area contributed by atoms with Crippen molar-refractivity contribution in [2.24, 2.45) is 0 Å². The SMILES string of the molecule is CC[C]1C=Cc2ccccc2C1. The second-order valence-corrected chi connectivity index (χ2v) is 3.22. The highest BCUT2D eigenvalue weighted by atomic mass is 14.1. The smallest absolute Gasteiger partial charge is 0.00171 e. The van der Waals surface area contributed by atoms with E-state index in [4.69, 9.17) is 0 Å². The predicted octanol–water partition coefficient (Wildman–Crippen LogP) is 3.24. The number of rotatable bonds is 1. The van der Waals surface area contributed by atoms with E-state index in [-0.39, 0.29) is 0 Å². The molecule has 0 bridgehead atoms. The zero-order valence-corrected chi connectivity index (χ0v) is 7.38. The Hall–Kier alpha value is -1.04. The van der Waals surface area contributed by atoms with Crippen LogP contribution in [0.2, 0.25) is 0 Å². The molecule has 0 unspecified atom stereocenters. The quantitative estimate of drug-likeness (QED) is 0.587. The first-order valence-electron chi connectivity index (χ1n) is 4.51. The molecule has 0 amide bonds. The lowest BCUT2D eigenvalue weighted by atomic mass is 9.88. The highest BCUT2D eigenvalue weighted by Crippen LogP contribution is 2.25. The molecule has 1 aliphatic carbocycles. The van der Waals surface area contributed by atoms with Crippen LogP contribution in [0, 0.1) is 5.92 Å². The number of allylic oxidation sites excluding steroid dienone is 1. The fourth-order valence-corrected chi connectivity index (χ4v) is 1.61. The van der Waals surface area contributed by atoms with Crippen LogP contribution in [0.1, 0.15) is 24.5 Å². The topological polar surface area (TPSA) is 0 Å². The molecular weight excluding hydrogens is 144 g/mol. The van der Waals surface area contributed by atoms with Crippen LogP contribution >= 0.6 is 0 Å². The first-order chi connectivity index (χ1) is 5.90. The van der Waals surface area contributed by atoms with Crippen LogP contribution < -0.4 is 0 Å². The van der Waals surface area contributed by atoms with E-state index in [0.717, 1.165) is 6.42 Å². The zero-order chi connectivity index (χ0) is 8.39. The second-order valence-electron chi connectivity index (χ2n) is 3.22. The number of fused-ring (bicyclic) bond motifs is 1. The summed E-state index contributed by atoms with van der Waals surface area (Å²) in [5, 5.41) is 0. The molecule has 1 aromatic rings. The molecule has 0 spiro atoms. The molecule has 0 aromatic heterocycles. The molecule has 1 radical (unpaired) electrons. The van der Waals surface area contributed by atoms with E-state index in [1.54, 1.807) is 0 Å². The summed E-state index contributed by atoms with van der Waals surface area (Å²) in [7, 11) is 0. The van der Waals surface area contributed by atoms with Gasteiger partial charge in [0.1, 0.15) is 0 Å². The normalized spacial score (nSPS) is 16.1. The van der Waals surface area contributed by atoms with E-state index in [1.807, 2.05) is 0 Å². The maximum Gasteiger partial charge on any atom is 0.00171 e. The standard InChI is InChI=1S/C12H13/c1-2-10-7-8-11-5-3-4-6-12(11)9-10/h3-8H,2,9H2,1H3. The van der Waals surface area contributed by atoms with E-state index in [2.05, 4.69) is 43.3 Å². The van der Waals surface area contributed by atoms with Gasteiger partial charge in [-0.1, -0.05) is 43.3 Å². The van der Waals surface area contributed by atoms with Gasteiger partial charge in [0.25, 0.3) is 0 Å². The van der Waals surface area contributed by atoms with Gasteiger partial charge in [-0.2, -0.15) is 0 Å². The summed E-state index contributed by atoms with van der Waals surface area (Å²) < 4.78 is 0. The Bertz CT molecular complexity index is 297. The Morgan fingerprint density at radius 1 is 1.17 bits per heavy atom. The minimum Gasteiger partial charge on any atom is -0.0765 e. The van der Waals surface area contributed by atoms with E-state index in [1.165, 1.54) is 23.5 Å². The Morgan fingerprint density at radius 3 is 2.83 bits per heavy atom. The van der Waals surface area contributed by atoms with Crippen molar-refractivity contribution in [2.45, 2.75) is 19.8 Å². The molecule has 0 heterocycles. The van der Waals surface area contributed by atoms with Crippen LogP contribution in [0.4, 0.5) is 0 Å². The van der Waals surface area contributed by atoms with Gasteiger partial charge >= 0.3 is 0 Å². The fraction of sp³-hybridized carbons (Fsp3) is 0.250. The minimum absolute atomic E-state index is 1.14. The molecule has 0 atom stereocenters. The molecule has 12 heavy (non-hydrogen) atoms. The summed E-state index contributed by atoms with van der Waals surface area (Å²) >= 11 is 0. The maximum atomic E-state index is 2.25. The molecule has 1 aliphatic rings. The lowest BCUT2D eigenvalue weighted by Gasteiger charge is -2.16. The van der Waals surface area contributed by atoms with Gasteiger partial charge < -0.3 is 0 Å². The first kappa shape index (κ1) is 7.60. The third-order valence-electron chi connectivity index (χ3n) is 2.43. The van der Waals surface area contributed by atoms with Gasteiger partial charge in [-0.3, -0.25) is 0 Å². The molecular formula is C12H13. The largest absolute Gasteiger partial charge is 0.0765 e. The van der Waals surface area contributed by atoms with Gasteiger partial charge in [0.05, 0.1) is 0 Å². The van der Waals surface area contributed by atoms with E-state index < -0.39 is 0 Å². The van der Waals surface area contributed by atoms with E-state index in [9.17, 15) is 0 Å². The Labute approximate surface area is 73.9 Å². The van der Waals surface area contributed by atoms with Gasteiger partial charge in [0, 0.05) is 5.92 Å². The summed E-state index contributed by atoms with van der Waals surface area (Å²) in [6.45, 7) is 2.22. The second kappa shape index (κ2) is 3.14. The Kier molecular flexibility index (Phi) is 1.99. The van der Waals surface area contributed by atoms with Gasteiger partial charge in [-0.15, -0.1) is 0 Å². The number of hydrogen-bond acceptors (Lipinski definition) is 0. The molecule has 0 fully saturated rings. The fourth-order valence-electron chi connectivity index (χ4n) is 1.61. The molecule has 0 saturated carbocycles. The van der Waals surface area contributed by atoms with Crippen LogP contribution in [0.25, 0.3) is 6.08 Å². The monoisotopic (exact) mass is 157 g/mol. The van der Waals surface area contributed by atoms with E-state index in [0.29, 0.717) is 0 Å². The predicted molar refractivity (Wildman–Crippen MR) is 52.7 cm³/mol. The third kappa shape index (κ3) is 1.29. The summed E-state index contributed by atoms with van der Waals surface area (Å²) in [5.74, 6) is 1.54. The molecule has 2 rings (SSSR count). The number of benzene rings is 1. The van der Waals surface area contributed by atoms with Gasteiger partial charge in [-0.25, -0.2) is 0 Å². The highest BCUT2D eigenvalue weighted by molar-refractivity contribution is 5.60. The molecule has 0 saturated heterocycles. The zero-order valence-electron chi connectivity index (χ0n) is 7.38. The van der Waals surface area contributed by atoms with Gasteiger partial charge in [-0.05, 0) is 24.0 Å². The molecule has 0 aliphatic heterocycles. The van der Waals surface area contributed by atoms with Crippen molar-refractivity contribution in [1.82, 2.24) is 0 Å². The third-order valence-corrected chi connectivity index (χ3v) is 2.43. The molecule has 0 heteroatoms. The highest BCUT2D eigenvalue weighted by Gasteiger charge is 2.10. The Balaban J connectivity index is 2.33. The summed E-state index contributed by atoms with van der Waals surface area (Å²) in [6, 6.07) is 8.61. The lowest BCUT2D eigenvalue weighted by Crippen LogP contribution is -2.03. The Morgan fingerprint density at radius 2 is 2.00 bits per heavy atom. The van der Waals surface area contributed by atoms with Crippen LogP contribution in [0.15, 0.2) is 30.3 Å². The molecule has 61 valence electrons. The number of hydrogen-bond donors (Lipinski definition) is 0. The maximum absolute atomic E-state index is 2.25. The van der Waals surface area contributed by atoms with Gasteiger partial charge in [0.2, 0.25) is 0 Å². The van der Waals surface area contributed by atoms with Crippen molar-refractivity contribution >= 4 is 6.08 Å². The van der Waals surface area contributed by atoms with Crippen molar-refractivity contribution in [2.75, 3.05) is 0 Å². The average molecular weight is 157 g/mol. The first-order valence-corrected chi connectivity index (χ1v) is 4.51. The van der Waals surface area contributed by atoms with Gasteiger partial charge in [0.15, 0.2) is 0 Å². The van der Waals surface area contributed by atoms with Crippen LogP contribution in [0.5, 0.6) is 0 Å². The van der Waals surface area contributed by atoms with Crippen LogP contribution in [-0.4, -0.2) is 0 Å². The molecule has 1 aromatic carbocycles. The van der Waals surface area contributed by atoms with Crippen molar-refractivity contribution in [3.05, 3.63) is 47.4 Å². The van der Waals surface area contributed by atoms with Crippen molar-refractivity contribution in [3.63, 3.8) is 0 Å². The molecule has 0 N–H and O–H groups in total. The lowest BCUT2D eigenvalue weighted by molar-refractivity contribution is 0.888. The van der Waals surface area contributed by atoms with Crippen molar-refractivity contribution in [1.29, 1.82) is 0 Å². The van der Waals surface area contributed by atoms with Crippen LogP contribution in [0.3, 0.4) is 0 Å². The van der Waals surface area contributed by atoms with Crippen LogP contribution in [-0.2, 0) is 6.42 Å². The van der Waals surface area contributed by atoms with Crippen molar-refractivity contribution < 1.29 is 0 Å².